The van der Waals surface area contributed by atoms with Crippen LogP contribution in [0.3, 0.4) is 0 Å². The molecule has 2 aromatic rings. The molecule has 7 nitrogen and oxygen atoms in total. The summed E-state index contributed by atoms with van der Waals surface area (Å²) in [6.07, 6.45) is -4.66. The Hall–Kier alpha value is -3.17. The molecule has 0 fully saturated rings. The first-order valence-corrected chi connectivity index (χ1v) is 8.31. The number of nitrogens with one attached hydrogen (secondary N) is 1. The highest BCUT2D eigenvalue weighted by Crippen LogP contribution is 2.33. The van der Waals surface area contributed by atoms with E-state index < -0.39 is 40.8 Å². The van der Waals surface area contributed by atoms with E-state index in [1.54, 1.807) is 6.92 Å². The molecular weight excluding hydrogens is 379 g/mol. The van der Waals surface area contributed by atoms with Crippen LogP contribution in [-0.4, -0.2) is 34.3 Å². The summed E-state index contributed by atoms with van der Waals surface area (Å²) in [6.45, 7) is 4.43. The van der Waals surface area contributed by atoms with E-state index in [0.717, 1.165) is 16.8 Å². The van der Waals surface area contributed by atoms with Gasteiger partial charge in [-0.05, 0) is 32.9 Å². The number of aryl methyl sites for hydroxylation is 1. The lowest BCUT2D eigenvalue weighted by atomic mass is 10.1. The molecule has 0 saturated carbocycles. The van der Waals surface area contributed by atoms with Gasteiger partial charge in [-0.25, -0.2) is 9.48 Å². The van der Waals surface area contributed by atoms with E-state index in [0.29, 0.717) is 0 Å². The van der Waals surface area contributed by atoms with Crippen LogP contribution in [0, 0.1) is 6.92 Å². The highest BCUT2D eigenvalue weighted by atomic mass is 19.4. The van der Waals surface area contributed by atoms with Gasteiger partial charge in [-0.15, -0.1) is 0 Å². The third-order valence-corrected chi connectivity index (χ3v) is 3.75. The van der Waals surface area contributed by atoms with Crippen LogP contribution in [0.2, 0.25) is 0 Å². The molecule has 1 N–H and O–H groups in total. The first kappa shape index (κ1) is 21.1. The number of alkyl halides is 3. The second-order valence-corrected chi connectivity index (χ2v) is 5.87. The average Bonchev–Trinajstić information content (AvgIpc) is 2.61. The second kappa shape index (κ2) is 8.24. The molecule has 0 aliphatic rings. The molecule has 150 valence electrons. The summed E-state index contributed by atoms with van der Waals surface area (Å²) in [6, 6.07) is 4.59. The molecule has 1 heterocycles. The summed E-state index contributed by atoms with van der Waals surface area (Å²) in [5.41, 5.74) is -2.62. The van der Waals surface area contributed by atoms with Crippen molar-refractivity contribution in [2.24, 2.45) is 0 Å². The summed E-state index contributed by atoms with van der Waals surface area (Å²) in [5.74, 6) is -1.71. The lowest BCUT2D eigenvalue weighted by Gasteiger charge is -2.17. The third-order valence-electron chi connectivity index (χ3n) is 3.75. The lowest BCUT2D eigenvalue weighted by molar-refractivity contribution is -0.145. The van der Waals surface area contributed by atoms with E-state index in [9.17, 15) is 27.6 Å². The summed E-state index contributed by atoms with van der Waals surface area (Å²) < 4.78 is 45.5. The van der Waals surface area contributed by atoms with Crippen LogP contribution in [0.1, 0.15) is 35.6 Å². The molecule has 1 aromatic heterocycles. The summed E-state index contributed by atoms with van der Waals surface area (Å²) >= 11 is 0. The molecule has 1 aromatic carbocycles. The van der Waals surface area contributed by atoms with Crippen molar-refractivity contribution >= 4 is 11.9 Å². The number of ether oxygens (including phenoxy) is 1. The van der Waals surface area contributed by atoms with Crippen molar-refractivity contribution in [2.45, 2.75) is 33.0 Å². The molecule has 0 aliphatic heterocycles. The van der Waals surface area contributed by atoms with Gasteiger partial charge in [0.1, 0.15) is 6.04 Å². The predicted octanol–water partition coefficient (Wildman–Crippen LogP) is 2.24. The fourth-order valence-electron chi connectivity index (χ4n) is 2.44. The molecule has 0 aliphatic carbocycles. The fraction of sp³-hybridized carbons (Fsp3) is 0.333. The highest BCUT2D eigenvalue weighted by Gasteiger charge is 2.34. The zero-order chi connectivity index (χ0) is 21.1. The summed E-state index contributed by atoms with van der Waals surface area (Å²) in [7, 11) is 0. The summed E-state index contributed by atoms with van der Waals surface area (Å²) in [4.78, 5) is 36.1. The average molecular weight is 397 g/mol. The number of nitrogens with zero attached hydrogens (tertiary/aromatic N) is 2. The maximum absolute atomic E-state index is 13.3. The number of rotatable bonds is 5. The van der Waals surface area contributed by atoms with Crippen molar-refractivity contribution in [3.05, 3.63) is 57.5 Å². The molecule has 2 rings (SSSR count). The lowest BCUT2D eigenvalue weighted by Crippen LogP contribution is -2.42. The van der Waals surface area contributed by atoms with E-state index in [-0.39, 0.29) is 18.0 Å². The standard InChI is InChI=1S/C18H18F3N3O4/c1-4-28-17(27)11(3)22-16(26)15-14(25)9-10(2)24(23-15)13-8-6-5-7-12(13)18(19,20)21/h5-9,11H,4H2,1-3H3,(H,22,26)/t11-/m0/s1. The zero-order valence-corrected chi connectivity index (χ0v) is 15.3. The van der Waals surface area contributed by atoms with Crippen LogP contribution in [0.5, 0.6) is 0 Å². The van der Waals surface area contributed by atoms with Crippen LogP contribution in [-0.2, 0) is 15.7 Å². The fourth-order valence-corrected chi connectivity index (χ4v) is 2.44. The predicted molar refractivity (Wildman–Crippen MR) is 93.1 cm³/mol. The van der Waals surface area contributed by atoms with Gasteiger partial charge in [0.25, 0.3) is 5.91 Å². The molecule has 0 radical (unpaired) electrons. The molecule has 0 saturated heterocycles. The number of amides is 1. The van der Waals surface area contributed by atoms with E-state index >= 15 is 0 Å². The van der Waals surface area contributed by atoms with Gasteiger partial charge < -0.3 is 10.1 Å². The highest BCUT2D eigenvalue weighted by molar-refractivity contribution is 5.94. The quantitative estimate of drug-likeness (QED) is 0.782. The monoisotopic (exact) mass is 397 g/mol. The second-order valence-electron chi connectivity index (χ2n) is 5.87. The minimum absolute atomic E-state index is 0.100. The van der Waals surface area contributed by atoms with Crippen LogP contribution in [0.15, 0.2) is 35.1 Å². The Kier molecular flexibility index (Phi) is 6.22. The summed E-state index contributed by atoms with van der Waals surface area (Å²) in [5, 5.41) is 6.07. The van der Waals surface area contributed by atoms with E-state index in [1.165, 1.54) is 32.0 Å². The van der Waals surface area contributed by atoms with Crippen molar-refractivity contribution in [2.75, 3.05) is 6.61 Å². The molecule has 10 heteroatoms. The van der Waals surface area contributed by atoms with Crippen molar-refractivity contribution in [1.29, 1.82) is 0 Å². The van der Waals surface area contributed by atoms with E-state index in [2.05, 4.69) is 10.4 Å². The third kappa shape index (κ3) is 4.56. The Morgan fingerprint density at radius 1 is 1.29 bits per heavy atom. The maximum atomic E-state index is 13.3. The van der Waals surface area contributed by atoms with Crippen LogP contribution in [0.25, 0.3) is 5.69 Å². The Morgan fingerprint density at radius 2 is 1.93 bits per heavy atom. The Bertz CT molecular complexity index is 954. The number of aromatic nitrogens is 2. The number of hydrogen-bond donors (Lipinski definition) is 1. The molecule has 1 atom stereocenters. The number of benzene rings is 1. The van der Waals surface area contributed by atoms with E-state index in [4.69, 9.17) is 4.74 Å². The molecule has 1 amide bonds. The van der Waals surface area contributed by atoms with E-state index in [1.807, 2.05) is 0 Å². The molecule has 0 unspecified atom stereocenters. The van der Waals surface area contributed by atoms with Gasteiger partial charge in [-0.3, -0.25) is 9.59 Å². The van der Waals surface area contributed by atoms with Crippen LogP contribution >= 0.6 is 0 Å². The number of hydrogen-bond acceptors (Lipinski definition) is 5. The van der Waals surface area contributed by atoms with Crippen LogP contribution in [0.4, 0.5) is 13.2 Å². The van der Waals surface area contributed by atoms with Crippen LogP contribution < -0.4 is 10.7 Å². The van der Waals surface area contributed by atoms with Gasteiger partial charge in [0, 0.05) is 11.8 Å². The Morgan fingerprint density at radius 3 is 2.54 bits per heavy atom. The zero-order valence-electron chi connectivity index (χ0n) is 15.3. The van der Waals surface area contributed by atoms with Crippen molar-refractivity contribution in [3.63, 3.8) is 0 Å². The van der Waals surface area contributed by atoms with Crippen molar-refractivity contribution in [1.82, 2.24) is 15.1 Å². The number of para-hydroxylation sites is 1. The smallest absolute Gasteiger partial charge is 0.418 e. The number of carbonyl (C=O) groups is 2. The van der Waals surface area contributed by atoms with Crippen molar-refractivity contribution in [3.8, 4) is 5.69 Å². The van der Waals surface area contributed by atoms with Gasteiger partial charge in [0.05, 0.1) is 17.9 Å². The maximum Gasteiger partial charge on any atom is 0.418 e. The van der Waals surface area contributed by atoms with Gasteiger partial charge in [-0.1, -0.05) is 12.1 Å². The van der Waals surface area contributed by atoms with Gasteiger partial charge in [0.2, 0.25) is 5.43 Å². The van der Waals surface area contributed by atoms with Gasteiger partial charge >= 0.3 is 12.1 Å². The first-order valence-electron chi connectivity index (χ1n) is 8.31. The number of esters is 1. The molecule has 0 spiro atoms. The molecular formula is C18H18F3N3O4. The normalized spacial score (nSPS) is 12.4. The number of halogens is 3. The SMILES string of the molecule is CCOC(=O)[C@H](C)NC(=O)c1nn(-c2ccccc2C(F)(F)F)c(C)cc1=O. The Labute approximate surface area is 158 Å². The van der Waals surface area contributed by atoms with Gasteiger partial charge in [0.15, 0.2) is 5.69 Å². The first-order chi connectivity index (χ1) is 13.1. The molecule has 28 heavy (non-hydrogen) atoms. The molecule has 0 bridgehead atoms. The largest absolute Gasteiger partial charge is 0.464 e. The van der Waals surface area contributed by atoms with Gasteiger partial charge in [-0.2, -0.15) is 18.3 Å². The topological polar surface area (TPSA) is 90.3 Å². The minimum Gasteiger partial charge on any atom is -0.464 e. The minimum atomic E-state index is -4.66. The Balaban J connectivity index is 2.48. The number of carbonyl (C=O) groups excluding carboxylic acids is 2. The van der Waals surface area contributed by atoms with Crippen molar-refractivity contribution < 1.29 is 27.5 Å².